The fourth-order valence-electron chi connectivity index (χ4n) is 1.95. The van der Waals surface area contributed by atoms with Gasteiger partial charge >= 0.3 is 0 Å². The smallest absolute Gasteiger partial charge is 0.106 e. The van der Waals surface area contributed by atoms with Crippen LogP contribution in [0.4, 0.5) is 0 Å². The highest BCUT2D eigenvalue weighted by atomic mass is 16.1. The predicted octanol–water partition coefficient (Wildman–Crippen LogP) is 3.65. The molecule has 0 aliphatic heterocycles. The molecule has 2 nitrogen and oxygen atoms in total. The maximum Gasteiger partial charge on any atom is 0.106 e. The van der Waals surface area contributed by atoms with E-state index in [4.69, 9.17) is 4.79 Å². The molecule has 98 valence electrons. The molecule has 0 radical (unpaired) electrons. The minimum Gasteiger partial charge on any atom is -0.326 e. The standard InChI is InChI=1S/C13H30N.CH2O/c1-5-8-11-14(4,12-9-6-2)13-10-7-3;1-2/h5-13H2,1-4H3;1H2/q+1;. The van der Waals surface area contributed by atoms with E-state index in [1.165, 1.54) is 62.6 Å². The van der Waals surface area contributed by atoms with Crippen LogP contribution in [-0.2, 0) is 4.79 Å². The molecule has 0 saturated heterocycles. The molecule has 0 aromatic rings. The molecule has 0 saturated carbocycles. The molecule has 0 atom stereocenters. The molecule has 0 N–H and O–H groups in total. The number of carbonyl (C=O) groups is 1. The van der Waals surface area contributed by atoms with E-state index in [-0.39, 0.29) is 0 Å². The summed E-state index contributed by atoms with van der Waals surface area (Å²) in [6, 6.07) is 0. The Kier molecular flexibility index (Phi) is 14.3. The van der Waals surface area contributed by atoms with Gasteiger partial charge in [-0.3, -0.25) is 0 Å². The molecule has 16 heavy (non-hydrogen) atoms. The summed E-state index contributed by atoms with van der Waals surface area (Å²) in [6.45, 7) is 13.0. The van der Waals surface area contributed by atoms with E-state index in [1.807, 2.05) is 6.79 Å². The zero-order valence-corrected chi connectivity index (χ0v) is 11.9. The first kappa shape index (κ1) is 18.0. The predicted molar refractivity (Wildman–Crippen MR) is 72.6 cm³/mol. The van der Waals surface area contributed by atoms with E-state index in [0.29, 0.717) is 0 Å². The summed E-state index contributed by atoms with van der Waals surface area (Å²) in [6.07, 6.45) is 8.20. The van der Waals surface area contributed by atoms with Crippen LogP contribution < -0.4 is 0 Å². The van der Waals surface area contributed by atoms with Crippen molar-refractivity contribution in [2.75, 3.05) is 26.7 Å². The summed E-state index contributed by atoms with van der Waals surface area (Å²) in [7, 11) is 2.45. The summed E-state index contributed by atoms with van der Waals surface area (Å²) < 4.78 is 1.32. The molecule has 0 spiro atoms. The summed E-state index contributed by atoms with van der Waals surface area (Å²) in [5.41, 5.74) is 0. The fraction of sp³-hybridized carbons (Fsp3) is 0.929. The summed E-state index contributed by atoms with van der Waals surface area (Å²) in [4.78, 5) is 8.00. The third-order valence-corrected chi connectivity index (χ3v) is 3.15. The number of quaternary nitrogens is 1. The SMILES string of the molecule is C=O.CCCC[N+](C)(CCCC)CCCC. The van der Waals surface area contributed by atoms with Crippen LogP contribution in [0.2, 0.25) is 0 Å². The summed E-state index contributed by atoms with van der Waals surface area (Å²) in [5.74, 6) is 0. The molecule has 0 aromatic carbocycles. The van der Waals surface area contributed by atoms with Crippen LogP contribution in [-0.4, -0.2) is 38.0 Å². The maximum absolute atomic E-state index is 8.00. The highest BCUT2D eigenvalue weighted by Gasteiger charge is 2.18. The molecule has 2 heteroatoms. The van der Waals surface area contributed by atoms with Crippen molar-refractivity contribution in [3.05, 3.63) is 0 Å². The van der Waals surface area contributed by atoms with Gasteiger partial charge in [-0.2, -0.15) is 0 Å². The Balaban J connectivity index is 0. The summed E-state index contributed by atoms with van der Waals surface area (Å²) >= 11 is 0. The highest BCUT2D eigenvalue weighted by molar-refractivity contribution is 5.10. The minimum atomic E-state index is 1.32. The Bertz CT molecular complexity index is 115. The lowest BCUT2D eigenvalue weighted by atomic mass is 10.2. The van der Waals surface area contributed by atoms with Crippen molar-refractivity contribution in [2.45, 2.75) is 59.3 Å². The Morgan fingerprint density at radius 1 is 0.750 bits per heavy atom. The first-order valence-electron chi connectivity index (χ1n) is 6.81. The zero-order chi connectivity index (χ0) is 12.9. The molecular weight excluding hydrogens is 198 g/mol. The molecule has 0 amide bonds. The minimum absolute atomic E-state index is 1.32. The van der Waals surface area contributed by atoms with Gasteiger partial charge in [0.15, 0.2) is 0 Å². The fourth-order valence-corrected chi connectivity index (χ4v) is 1.95. The van der Waals surface area contributed by atoms with Gasteiger partial charge in [0.2, 0.25) is 0 Å². The van der Waals surface area contributed by atoms with Crippen molar-refractivity contribution in [2.24, 2.45) is 0 Å². The molecule has 0 unspecified atom stereocenters. The van der Waals surface area contributed by atoms with E-state index >= 15 is 0 Å². The zero-order valence-electron chi connectivity index (χ0n) is 11.9. The lowest BCUT2D eigenvalue weighted by Crippen LogP contribution is -2.46. The van der Waals surface area contributed by atoms with Gasteiger partial charge < -0.3 is 9.28 Å². The topological polar surface area (TPSA) is 17.1 Å². The van der Waals surface area contributed by atoms with Gasteiger partial charge in [0.1, 0.15) is 6.79 Å². The van der Waals surface area contributed by atoms with Crippen molar-refractivity contribution in [1.29, 1.82) is 0 Å². The van der Waals surface area contributed by atoms with Crippen LogP contribution in [0.15, 0.2) is 0 Å². The lowest BCUT2D eigenvalue weighted by molar-refractivity contribution is -0.910. The van der Waals surface area contributed by atoms with Gasteiger partial charge in [-0.25, -0.2) is 0 Å². The quantitative estimate of drug-likeness (QED) is 0.553. The highest BCUT2D eigenvalue weighted by Crippen LogP contribution is 2.10. The van der Waals surface area contributed by atoms with Crippen LogP contribution >= 0.6 is 0 Å². The van der Waals surface area contributed by atoms with E-state index in [9.17, 15) is 0 Å². The average molecular weight is 230 g/mol. The average Bonchev–Trinajstić information content (AvgIpc) is 2.34. The van der Waals surface area contributed by atoms with Crippen molar-refractivity contribution < 1.29 is 9.28 Å². The van der Waals surface area contributed by atoms with Gasteiger partial charge in [0.25, 0.3) is 0 Å². The molecular formula is C14H32NO+. The molecule has 0 aromatic heterocycles. The maximum atomic E-state index is 8.00. The second kappa shape index (κ2) is 12.7. The normalized spacial score (nSPS) is 10.8. The second-order valence-corrected chi connectivity index (χ2v) is 4.85. The van der Waals surface area contributed by atoms with Gasteiger partial charge in [-0.05, 0) is 19.3 Å². The van der Waals surface area contributed by atoms with Gasteiger partial charge in [-0.1, -0.05) is 40.0 Å². The molecule has 0 aliphatic carbocycles. The molecule has 0 bridgehead atoms. The van der Waals surface area contributed by atoms with E-state index in [1.54, 1.807) is 0 Å². The summed E-state index contributed by atoms with van der Waals surface area (Å²) in [5, 5.41) is 0. The Morgan fingerprint density at radius 2 is 1.00 bits per heavy atom. The Hall–Kier alpha value is -0.370. The van der Waals surface area contributed by atoms with Crippen molar-refractivity contribution in [3.63, 3.8) is 0 Å². The van der Waals surface area contributed by atoms with Crippen LogP contribution in [0.3, 0.4) is 0 Å². The molecule has 0 heterocycles. The number of nitrogens with zero attached hydrogens (tertiary/aromatic N) is 1. The Morgan fingerprint density at radius 3 is 1.19 bits per heavy atom. The van der Waals surface area contributed by atoms with Crippen LogP contribution in [0.1, 0.15) is 59.3 Å². The molecule has 0 aliphatic rings. The number of hydrogen-bond acceptors (Lipinski definition) is 1. The number of hydrogen-bond donors (Lipinski definition) is 0. The van der Waals surface area contributed by atoms with Crippen LogP contribution in [0.5, 0.6) is 0 Å². The number of carbonyl (C=O) groups excluding carboxylic acids is 1. The van der Waals surface area contributed by atoms with Crippen molar-refractivity contribution in [1.82, 2.24) is 0 Å². The van der Waals surface area contributed by atoms with E-state index in [0.717, 1.165) is 0 Å². The number of unbranched alkanes of at least 4 members (excludes halogenated alkanes) is 3. The lowest BCUT2D eigenvalue weighted by Gasteiger charge is -2.34. The first-order valence-corrected chi connectivity index (χ1v) is 6.81. The van der Waals surface area contributed by atoms with Gasteiger partial charge in [0, 0.05) is 0 Å². The van der Waals surface area contributed by atoms with Gasteiger partial charge in [-0.15, -0.1) is 0 Å². The third kappa shape index (κ3) is 10.2. The molecule has 0 rings (SSSR count). The molecule has 0 fully saturated rings. The van der Waals surface area contributed by atoms with Gasteiger partial charge in [0.05, 0.1) is 26.7 Å². The second-order valence-electron chi connectivity index (χ2n) is 4.85. The Labute approximate surface area is 103 Å². The van der Waals surface area contributed by atoms with Crippen LogP contribution in [0.25, 0.3) is 0 Å². The van der Waals surface area contributed by atoms with Crippen molar-refractivity contribution in [3.8, 4) is 0 Å². The van der Waals surface area contributed by atoms with E-state index in [2.05, 4.69) is 27.8 Å². The number of rotatable bonds is 9. The monoisotopic (exact) mass is 230 g/mol. The third-order valence-electron chi connectivity index (χ3n) is 3.15. The van der Waals surface area contributed by atoms with Crippen molar-refractivity contribution >= 4 is 6.79 Å². The largest absolute Gasteiger partial charge is 0.326 e. The van der Waals surface area contributed by atoms with Crippen LogP contribution in [0, 0.1) is 0 Å². The van der Waals surface area contributed by atoms with E-state index < -0.39 is 0 Å². The first-order chi connectivity index (χ1) is 7.68.